The van der Waals surface area contributed by atoms with E-state index in [1.165, 1.54) is 6.92 Å². The lowest BCUT2D eigenvalue weighted by molar-refractivity contribution is -0.347. The number of hydrogen-bond donors (Lipinski definition) is 3. The van der Waals surface area contributed by atoms with Crippen molar-refractivity contribution in [1.82, 2.24) is 0 Å². The van der Waals surface area contributed by atoms with Crippen LogP contribution in [0.4, 0.5) is 0 Å². The zero-order valence-electron chi connectivity index (χ0n) is 25.3. The van der Waals surface area contributed by atoms with Crippen molar-refractivity contribution < 1.29 is 53.4 Å². The van der Waals surface area contributed by atoms with Gasteiger partial charge in [0.05, 0.1) is 30.1 Å². The molecule has 44 heavy (non-hydrogen) atoms. The van der Waals surface area contributed by atoms with Gasteiger partial charge in [0.25, 0.3) is 0 Å². The topological polar surface area (TPSA) is 166 Å². The van der Waals surface area contributed by atoms with Gasteiger partial charge in [-0.25, -0.2) is 4.79 Å². The Morgan fingerprint density at radius 2 is 1.64 bits per heavy atom. The van der Waals surface area contributed by atoms with E-state index in [0.29, 0.717) is 0 Å². The Kier molecular flexibility index (Phi) is 8.53. The second-order valence-corrected chi connectivity index (χ2v) is 12.3. The van der Waals surface area contributed by atoms with Crippen LogP contribution in [0.5, 0.6) is 0 Å². The Labute approximate surface area is 255 Å². The first-order valence-corrected chi connectivity index (χ1v) is 14.0. The molecule has 4 aliphatic rings. The molecule has 0 amide bonds. The maximum Gasteiger partial charge on any atom is 0.385 e. The Bertz CT molecular complexity index is 1560. The summed E-state index contributed by atoms with van der Waals surface area (Å²) in [7, 11) is 0. The highest BCUT2D eigenvalue weighted by Crippen LogP contribution is 2.64. The van der Waals surface area contributed by atoms with Gasteiger partial charge in [-0.1, -0.05) is 13.8 Å². The molecule has 1 heterocycles. The molecule has 11 heteroatoms. The zero-order chi connectivity index (χ0) is 32.8. The van der Waals surface area contributed by atoms with Crippen LogP contribution < -0.4 is 0 Å². The van der Waals surface area contributed by atoms with Gasteiger partial charge in [-0.3, -0.25) is 14.4 Å². The summed E-state index contributed by atoms with van der Waals surface area (Å²) >= 11 is 0. The molecule has 0 aromatic carbocycles. The summed E-state index contributed by atoms with van der Waals surface area (Å²) < 4.78 is 23.1. The molecule has 1 aliphatic heterocycles. The van der Waals surface area contributed by atoms with Gasteiger partial charge < -0.3 is 34.3 Å². The van der Waals surface area contributed by atoms with Gasteiger partial charge >= 0.3 is 17.9 Å². The zero-order valence-corrected chi connectivity index (χ0v) is 25.3. The number of hydrogen-bond acceptors (Lipinski definition) is 11. The molecule has 3 fully saturated rings. The van der Waals surface area contributed by atoms with Crippen molar-refractivity contribution in [3.8, 4) is 47.9 Å². The predicted octanol–water partition coefficient (Wildman–Crippen LogP) is -0.0178. The van der Waals surface area contributed by atoms with Crippen molar-refractivity contribution in [2.24, 2.45) is 16.7 Å². The van der Waals surface area contributed by atoms with Crippen molar-refractivity contribution in [2.75, 3.05) is 6.61 Å². The van der Waals surface area contributed by atoms with Crippen molar-refractivity contribution in [1.29, 1.82) is 0 Å². The first kappa shape index (κ1) is 32.8. The number of carbonyl (C=O) groups excluding carboxylic acids is 4. The molecule has 232 valence electrons. The third-order valence-corrected chi connectivity index (χ3v) is 9.69. The smallest absolute Gasteiger partial charge is 0.385 e. The van der Waals surface area contributed by atoms with E-state index < -0.39 is 88.6 Å². The average Bonchev–Trinajstić information content (AvgIpc) is 2.92. The summed E-state index contributed by atoms with van der Waals surface area (Å²) in [5.41, 5.74) is -6.93. The highest BCUT2D eigenvalue weighted by atomic mass is 16.6. The summed E-state index contributed by atoms with van der Waals surface area (Å²) in [5, 5.41) is 35.6. The van der Waals surface area contributed by atoms with Crippen LogP contribution in [0.2, 0.25) is 0 Å². The molecule has 4 rings (SSSR count). The highest BCUT2D eigenvalue weighted by molar-refractivity contribution is 5.95. The molecule has 0 aromatic heterocycles. The number of fused-ring (bicyclic) bond motifs is 5. The number of esters is 3. The first-order valence-electron chi connectivity index (χ1n) is 14.0. The van der Waals surface area contributed by atoms with Gasteiger partial charge in [-0.15, -0.1) is 6.42 Å². The minimum absolute atomic E-state index is 0.101. The summed E-state index contributed by atoms with van der Waals surface area (Å²) in [5.74, 6) is 10.9. The number of terminal acetylenes is 1. The standard InChI is InChI=1S/C33H34O11/c1-8-9-10-11-12-13-14-24(38)43-29-27-31(7,22(37)15-23-32(27,17-41-23)44-20(4)35)28(39)26(42-19(3)34)25-18(2)21(36)16-33(29,40)30(25,5)6/h1,21-23,26-27,29,36-37,40H,15-17H2,2-7H3/t21-,22+,23+,26+,27-,29-,31+,32-,33+/m0/s1. The minimum Gasteiger partial charge on any atom is -0.454 e. The van der Waals surface area contributed by atoms with Crippen LogP contribution in [0.3, 0.4) is 0 Å². The molecule has 0 radical (unpaired) electrons. The van der Waals surface area contributed by atoms with E-state index in [2.05, 4.69) is 41.4 Å². The molecule has 11 nitrogen and oxygen atoms in total. The third-order valence-electron chi connectivity index (χ3n) is 9.69. The van der Waals surface area contributed by atoms with E-state index >= 15 is 0 Å². The Balaban J connectivity index is 2.04. The summed E-state index contributed by atoms with van der Waals surface area (Å²) in [4.78, 5) is 52.9. The van der Waals surface area contributed by atoms with Gasteiger partial charge in [0.1, 0.15) is 17.8 Å². The lowest BCUT2D eigenvalue weighted by Gasteiger charge is -2.67. The molecule has 0 unspecified atom stereocenters. The molecule has 9 atom stereocenters. The maximum absolute atomic E-state index is 14.7. The second-order valence-electron chi connectivity index (χ2n) is 12.3. The van der Waals surface area contributed by atoms with E-state index in [-0.39, 0.29) is 24.2 Å². The fourth-order valence-corrected chi connectivity index (χ4v) is 7.50. The number of ketones is 1. The molecule has 2 bridgehead atoms. The molecule has 0 spiro atoms. The largest absolute Gasteiger partial charge is 0.454 e. The van der Waals surface area contributed by atoms with Gasteiger partial charge in [-0.2, -0.15) is 0 Å². The summed E-state index contributed by atoms with van der Waals surface area (Å²) in [6, 6.07) is 0. The Morgan fingerprint density at radius 3 is 2.20 bits per heavy atom. The summed E-state index contributed by atoms with van der Waals surface area (Å²) in [6.07, 6.45) is -2.67. The average molecular weight is 607 g/mol. The van der Waals surface area contributed by atoms with Crippen LogP contribution >= 0.6 is 0 Å². The molecule has 0 aromatic rings. The van der Waals surface area contributed by atoms with Crippen molar-refractivity contribution in [3.05, 3.63) is 11.1 Å². The molecule has 2 saturated carbocycles. The lowest BCUT2D eigenvalue weighted by Crippen LogP contribution is -2.81. The van der Waals surface area contributed by atoms with Crippen LogP contribution in [0, 0.1) is 64.6 Å². The molecule has 3 N–H and O–H groups in total. The molecular formula is C33H34O11. The molecular weight excluding hydrogens is 572 g/mol. The van der Waals surface area contributed by atoms with Gasteiger partial charge in [-0.05, 0) is 60.5 Å². The van der Waals surface area contributed by atoms with E-state index in [1.54, 1.807) is 20.8 Å². The van der Waals surface area contributed by atoms with Gasteiger partial charge in [0.15, 0.2) is 17.5 Å². The van der Waals surface area contributed by atoms with Crippen LogP contribution in [0.15, 0.2) is 11.1 Å². The number of ether oxygens (including phenoxy) is 4. The van der Waals surface area contributed by atoms with Crippen molar-refractivity contribution in [3.63, 3.8) is 0 Å². The van der Waals surface area contributed by atoms with E-state index in [0.717, 1.165) is 13.8 Å². The maximum atomic E-state index is 14.7. The second kappa shape index (κ2) is 11.4. The minimum atomic E-state index is -2.20. The van der Waals surface area contributed by atoms with Crippen molar-refractivity contribution >= 4 is 23.7 Å². The third kappa shape index (κ3) is 4.87. The van der Waals surface area contributed by atoms with Crippen LogP contribution in [0.1, 0.15) is 54.4 Å². The van der Waals surface area contributed by atoms with Crippen LogP contribution in [0.25, 0.3) is 0 Å². The first-order chi connectivity index (χ1) is 20.5. The number of carbonyl (C=O) groups is 4. The SMILES string of the molecule is C#CC#CC#CC#CC(=O)O[C@H]1[C@@H]2[C@]3(OC(C)=O)CO[C@@H]3C[C@@H](O)[C@@]2(C)C(=O)[C@H](OC(C)=O)C2=C(C)[C@@H](O)C[C@]1(O)C2(C)C. The number of rotatable bonds is 3. The number of Topliss-reactive ketones (excluding diaryl/α,β-unsaturated/α-hetero) is 1. The summed E-state index contributed by atoms with van der Waals surface area (Å²) in [6.45, 7) is 8.09. The van der Waals surface area contributed by atoms with Gasteiger partial charge in [0, 0.05) is 38.0 Å². The van der Waals surface area contributed by atoms with E-state index in [9.17, 15) is 34.5 Å². The Hall–Kier alpha value is -4.10. The fraction of sp³-hybridized carbons (Fsp3) is 0.576. The molecule has 1 saturated heterocycles. The van der Waals surface area contributed by atoms with Crippen LogP contribution in [-0.2, 0) is 38.1 Å². The number of aliphatic hydroxyl groups is 3. The monoisotopic (exact) mass is 606 g/mol. The normalized spacial score (nSPS) is 37.9. The number of aliphatic hydroxyl groups excluding tert-OH is 2. The lowest BCUT2D eigenvalue weighted by atomic mass is 9.44. The van der Waals surface area contributed by atoms with E-state index in [1.807, 2.05) is 0 Å². The highest BCUT2D eigenvalue weighted by Gasteiger charge is 2.78. The van der Waals surface area contributed by atoms with E-state index in [4.69, 9.17) is 25.4 Å². The molecule has 3 aliphatic carbocycles. The quantitative estimate of drug-likeness (QED) is 0.130. The van der Waals surface area contributed by atoms with Crippen LogP contribution in [-0.4, -0.2) is 87.3 Å². The predicted molar refractivity (Wildman–Crippen MR) is 151 cm³/mol. The van der Waals surface area contributed by atoms with Gasteiger partial charge in [0.2, 0.25) is 0 Å². The fourth-order valence-electron chi connectivity index (χ4n) is 7.50. The van der Waals surface area contributed by atoms with Crippen molar-refractivity contribution in [2.45, 2.75) is 96.1 Å². The Morgan fingerprint density at radius 1 is 1.00 bits per heavy atom.